The molecule has 0 radical (unpaired) electrons. The van der Waals surface area contributed by atoms with Gasteiger partial charge in [0.15, 0.2) is 0 Å². The Bertz CT molecular complexity index is 943. The van der Waals surface area contributed by atoms with Crippen LogP contribution in [0, 0.1) is 0 Å². The van der Waals surface area contributed by atoms with Gasteiger partial charge in [0.1, 0.15) is 5.01 Å². The van der Waals surface area contributed by atoms with Crippen LogP contribution in [0.2, 0.25) is 5.02 Å². The third-order valence-electron chi connectivity index (χ3n) is 3.60. The second-order valence-corrected chi connectivity index (χ2v) is 7.56. The zero-order chi connectivity index (χ0) is 16.4. The number of aromatic nitrogens is 2. The summed E-state index contributed by atoms with van der Waals surface area (Å²) in [5.41, 5.74) is 4.31. The van der Waals surface area contributed by atoms with Gasteiger partial charge in [-0.2, -0.15) is 0 Å². The van der Waals surface area contributed by atoms with E-state index in [2.05, 4.69) is 22.9 Å². The highest BCUT2D eigenvalue weighted by Crippen LogP contribution is 2.27. The Morgan fingerprint density at radius 1 is 0.792 bits per heavy atom. The van der Waals surface area contributed by atoms with Gasteiger partial charge in [-0.1, -0.05) is 54.1 Å². The number of nitrogens with zero attached hydrogens (tertiary/aromatic N) is 2. The minimum Gasteiger partial charge on any atom is -0.241 e. The van der Waals surface area contributed by atoms with E-state index in [0.29, 0.717) is 0 Å². The van der Waals surface area contributed by atoms with Crippen LogP contribution >= 0.6 is 34.3 Å². The predicted molar refractivity (Wildman–Crippen MR) is 103 cm³/mol. The second kappa shape index (κ2) is 6.85. The first-order valence-electron chi connectivity index (χ1n) is 7.48. The van der Waals surface area contributed by atoms with Gasteiger partial charge in [-0.25, -0.2) is 9.97 Å². The fraction of sp³-hybridized carbons (Fsp3) is 0.0526. The smallest absolute Gasteiger partial charge is 0.123 e. The van der Waals surface area contributed by atoms with Crippen LogP contribution in [0.5, 0.6) is 0 Å². The summed E-state index contributed by atoms with van der Waals surface area (Å²) >= 11 is 9.29. The predicted octanol–water partition coefficient (Wildman–Crippen LogP) is 6.18. The molecule has 0 saturated heterocycles. The molecule has 0 aliphatic rings. The Balaban J connectivity index is 1.52. The molecule has 2 nitrogen and oxygen atoms in total. The van der Waals surface area contributed by atoms with Gasteiger partial charge in [0.05, 0.1) is 16.4 Å². The van der Waals surface area contributed by atoms with Gasteiger partial charge in [0.25, 0.3) is 0 Å². The van der Waals surface area contributed by atoms with Gasteiger partial charge in [0, 0.05) is 33.3 Å². The van der Waals surface area contributed by atoms with Gasteiger partial charge < -0.3 is 0 Å². The molecule has 2 aromatic carbocycles. The fourth-order valence-corrected chi connectivity index (χ4v) is 4.17. The maximum absolute atomic E-state index is 5.94. The van der Waals surface area contributed by atoms with Crippen LogP contribution in [0.4, 0.5) is 0 Å². The molecule has 4 rings (SSSR count). The largest absolute Gasteiger partial charge is 0.241 e. The van der Waals surface area contributed by atoms with Crippen molar-refractivity contribution in [3.63, 3.8) is 0 Å². The Kier molecular flexibility index (Phi) is 4.43. The van der Waals surface area contributed by atoms with Crippen molar-refractivity contribution in [2.45, 2.75) is 6.42 Å². The Labute approximate surface area is 153 Å². The number of hydrogen-bond donors (Lipinski definition) is 0. The molecule has 0 amide bonds. The number of halogens is 1. The number of thiazole rings is 2. The number of hydrogen-bond acceptors (Lipinski definition) is 4. The minimum absolute atomic E-state index is 0.741. The van der Waals surface area contributed by atoms with Gasteiger partial charge in [-0.05, 0) is 12.1 Å². The molecule has 0 saturated carbocycles. The number of benzene rings is 2. The molecule has 2 heterocycles. The first kappa shape index (κ1) is 15.5. The summed E-state index contributed by atoms with van der Waals surface area (Å²) in [6.07, 6.45) is 0.765. The lowest BCUT2D eigenvalue weighted by Gasteiger charge is -1.96. The maximum atomic E-state index is 5.94. The van der Waals surface area contributed by atoms with Crippen LogP contribution in [-0.4, -0.2) is 9.97 Å². The molecule has 4 aromatic rings. The lowest BCUT2D eigenvalue weighted by molar-refractivity contribution is 1.08. The molecule has 118 valence electrons. The molecule has 2 aromatic heterocycles. The maximum Gasteiger partial charge on any atom is 0.123 e. The molecule has 0 fully saturated rings. The van der Waals surface area contributed by atoms with Crippen molar-refractivity contribution in [1.29, 1.82) is 0 Å². The molecular weight excluding hydrogens is 356 g/mol. The van der Waals surface area contributed by atoms with E-state index >= 15 is 0 Å². The van der Waals surface area contributed by atoms with E-state index in [4.69, 9.17) is 21.6 Å². The van der Waals surface area contributed by atoms with Crippen LogP contribution in [0.1, 0.15) is 10.7 Å². The van der Waals surface area contributed by atoms with E-state index in [1.54, 1.807) is 22.7 Å². The first-order valence-corrected chi connectivity index (χ1v) is 9.62. The zero-order valence-corrected chi connectivity index (χ0v) is 15.0. The van der Waals surface area contributed by atoms with Crippen molar-refractivity contribution in [2.24, 2.45) is 0 Å². The van der Waals surface area contributed by atoms with Crippen molar-refractivity contribution >= 4 is 34.3 Å². The van der Waals surface area contributed by atoms with Crippen LogP contribution in [-0.2, 0) is 6.42 Å². The molecule has 0 aliphatic heterocycles. The number of rotatable bonds is 4. The van der Waals surface area contributed by atoms with Crippen molar-refractivity contribution in [3.8, 4) is 21.8 Å². The summed E-state index contributed by atoms with van der Waals surface area (Å²) in [6.45, 7) is 0. The molecule has 0 spiro atoms. The molecule has 0 N–H and O–H groups in total. The fourth-order valence-electron chi connectivity index (χ4n) is 2.40. The zero-order valence-electron chi connectivity index (χ0n) is 12.6. The summed E-state index contributed by atoms with van der Waals surface area (Å²) in [6, 6.07) is 18.0. The normalized spacial score (nSPS) is 10.9. The molecule has 24 heavy (non-hydrogen) atoms. The van der Waals surface area contributed by atoms with E-state index in [1.165, 1.54) is 0 Å². The van der Waals surface area contributed by atoms with E-state index < -0.39 is 0 Å². The molecule has 0 atom stereocenters. The third kappa shape index (κ3) is 3.41. The van der Waals surface area contributed by atoms with E-state index in [-0.39, 0.29) is 0 Å². The van der Waals surface area contributed by atoms with Crippen molar-refractivity contribution in [3.05, 3.63) is 81.1 Å². The van der Waals surface area contributed by atoms with Gasteiger partial charge >= 0.3 is 0 Å². The molecular formula is C19H13ClN2S2. The van der Waals surface area contributed by atoms with Crippen molar-refractivity contribution in [1.82, 2.24) is 9.97 Å². The topological polar surface area (TPSA) is 25.8 Å². The van der Waals surface area contributed by atoms with Gasteiger partial charge in [-0.15, -0.1) is 22.7 Å². The molecule has 0 bridgehead atoms. The quantitative estimate of drug-likeness (QED) is 0.430. The molecule has 0 unspecified atom stereocenters. The average Bonchev–Trinajstić information content (AvgIpc) is 3.27. The van der Waals surface area contributed by atoms with E-state index in [1.807, 2.05) is 42.5 Å². The van der Waals surface area contributed by atoms with E-state index in [9.17, 15) is 0 Å². The average molecular weight is 369 g/mol. The third-order valence-corrected chi connectivity index (χ3v) is 5.64. The second-order valence-electron chi connectivity index (χ2n) is 5.32. The van der Waals surface area contributed by atoms with E-state index in [0.717, 1.165) is 44.0 Å². The highest BCUT2D eigenvalue weighted by atomic mass is 35.5. The van der Waals surface area contributed by atoms with Crippen molar-refractivity contribution in [2.75, 3.05) is 0 Å². The van der Waals surface area contributed by atoms with Crippen LogP contribution in [0.25, 0.3) is 21.8 Å². The lowest BCUT2D eigenvalue weighted by atomic mass is 10.2. The van der Waals surface area contributed by atoms with Gasteiger partial charge in [0.2, 0.25) is 0 Å². The highest BCUT2D eigenvalue weighted by Gasteiger charge is 2.09. The first-order chi connectivity index (χ1) is 11.8. The van der Waals surface area contributed by atoms with Crippen LogP contribution in [0.3, 0.4) is 0 Å². The summed E-state index contributed by atoms with van der Waals surface area (Å²) in [5, 5.41) is 7.07. The van der Waals surface area contributed by atoms with Gasteiger partial charge in [-0.3, -0.25) is 0 Å². The van der Waals surface area contributed by atoms with Crippen LogP contribution < -0.4 is 0 Å². The molecule has 0 aliphatic carbocycles. The summed E-state index contributed by atoms with van der Waals surface area (Å²) in [4.78, 5) is 9.46. The summed E-state index contributed by atoms with van der Waals surface area (Å²) in [5.74, 6) is 0. The van der Waals surface area contributed by atoms with Crippen molar-refractivity contribution < 1.29 is 0 Å². The molecule has 5 heteroatoms. The summed E-state index contributed by atoms with van der Waals surface area (Å²) in [7, 11) is 0. The lowest BCUT2D eigenvalue weighted by Crippen LogP contribution is -1.88. The SMILES string of the molecule is Clc1ccc(-c2csc(Cc3csc(-c4ccccc4)n3)n2)cc1. The monoisotopic (exact) mass is 368 g/mol. The Morgan fingerprint density at radius 2 is 1.58 bits per heavy atom. The Morgan fingerprint density at radius 3 is 2.38 bits per heavy atom. The van der Waals surface area contributed by atoms with Crippen LogP contribution in [0.15, 0.2) is 65.4 Å². The summed E-state index contributed by atoms with van der Waals surface area (Å²) < 4.78 is 0. The standard InChI is InChI=1S/C19H13ClN2S2/c20-15-8-6-13(7-9-15)17-12-23-18(22-17)10-16-11-24-19(21-16)14-4-2-1-3-5-14/h1-9,11-12H,10H2. The highest BCUT2D eigenvalue weighted by molar-refractivity contribution is 7.13. The minimum atomic E-state index is 0.741. The Hall–Kier alpha value is -2.01.